The molecule has 1 rings (SSSR count). The van der Waals surface area contributed by atoms with Gasteiger partial charge in [0.25, 0.3) is 0 Å². The van der Waals surface area contributed by atoms with Gasteiger partial charge >= 0.3 is 0 Å². The minimum Gasteiger partial charge on any atom is -0.398 e. The normalized spacial score (nSPS) is 10.2. The van der Waals surface area contributed by atoms with E-state index < -0.39 is 0 Å². The highest BCUT2D eigenvalue weighted by atomic mass is 19.1. The summed E-state index contributed by atoms with van der Waals surface area (Å²) < 4.78 is 12.6. The van der Waals surface area contributed by atoms with Crippen LogP contribution < -0.4 is 5.73 Å². The van der Waals surface area contributed by atoms with Crippen molar-refractivity contribution in [3.05, 3.63) is 29.6 Å². The quantitative estimate of drug-likeness (QED) is 0.688. The monoisotopic (exact) mass is 167 g/mol. The van der Waals surface area contributed by atoms with Crippen LogP contribution in [0.25, 0.3) is 0 Å². The van der Waals surface area contributed by atoms with Gasteiger partial charge in [0.2, 0.25) is 0 Å². The van der Waals surface area contributed by atoms with Gasteiger partial charge in [-0.25, -0.2) is 4.39 Å². The molecule has 0 saturated carbocycles. The minimum atomic E-state index is -0.257. The average molecular weight is 167 g/mol. The number of benzene rings is 1. The molecule has 0 unspecified atom stereocenters. The van der Waals surface area contributed by atoms with E-state index in [1.807, 2.05) is 0 Å². The van der Waals surface area contributed by atoms with Crippen molar-refractivity contribution >= 4 is 5.69 Å². The molecule has 0 aromatic heterocycles. The summed E-state index contributed by atoms with van der Waals surface area (Å²) >= 11 is 0. The lowest BCUT2D eigenvalue weighted by molar-refractivity contribution is 0.627. The van der Waals surface area contributed by atoms with Crippen LogP contribution in [0.2, 0.25) is 0 Å². The molecule has 0 bridgehead atoms. The topological polar surface area (TPSA) is 26.0 Å². The molecule has 2 heteroatoms. The van der Waals surface area contributed by atoms with Crippen LogP contribution in [0, 0.1) is 5.82 Å². The van der Waals surface area contributed by atoms with Crippen molar-refractivity contribution in [2.75, 3.05) is 5.73 Å². The van der Waals surface area contributed by atoms with Crippen molar-refractivity contribution in [2.45, 2.75) is 26.2 Å². The van der Waals surface area contributed by atoms with E-state index in [0.717, 1.165) is 24.8 Å². The number of hydrogen-bond donors (Lipinski definition) is 1. The summed E-state index contributed by atoms with van der Waals surface area (Å²) in [6, 6.07) is 4.60. The molecule has 0 spiro atoms. The third-order valence-corrected chi connectivity index (χ3v) is 1.91. The van der Waals surface area contributed by atoms with E-state index in [2.05, 4.69) is 6.92 Å². The van der Waals surface area contributed by atoms with Crippen molar-refractivity contribution in [3.8, 4) is 0 Å². The van der Waals surface area contributed by atoms with Gasteiger partial charge in [-0.3, -0.25) is 0 Å². The van der Waals surface area contributed by atoms with Gasteiger partial charge in [-0.05, 0) is 30.5 Å². The van der Waals surface area contributed by atoms with Crippen LogP contribution in [-0.2, 0) is 6.42 Å². The molecule has 0 fully saturated rings. The largest absolute Gasteiger partial charge is 0.398 e. The Hall–Kier alpha value is -1.05. The molecule has 0 radical (unpaired) electrons. The summed E-state index contributed by atoms with van der Waals surface area (Å²) in [6.07, 6.45) is 3.19. The third kappa shape index (κ3) is 2.22. The summed E-state index contributed by atoms with van der Waals surface area (Å²) in [6.45, 7) is 2.12. The smallest absolute Gasteiger partial charge is 0.125 e. The summed E-state index contributed by atoms with van der Waals surface area (Å²) in [5.74, 6) is -0.257. The van der Waals surface area contributed by atoms with Gasteiger partial charge in [-0.2, -0.15) is 0 Å². The maximum Gasteiger partial charge on any atom is 0.125 e. The number of halogens is 1. The second kappa shape index (κ2) is 4.10. The fourth-order valence-corrected chi connectivity index (χ4v) is 1.16. The summed E-state index contributed by atoms with van der Waals surface area (Å²) in [5.41, 5.74) is 7.25. The summed E-state index contributed by atoms with van der Waals surface area (Å²) in [5, 5.41) is 0. The first kappa shape index (κ1) is 9.04. The first-order valence-electron chi connectivity index (χ1n) is 4.28. The number of anilines is 1. The molecular formula is C10H14FN. The molecule has 1 aromatic rings. The van der Waals surface area contributed by atoms with Crippen LogP contribution in [0.3, 0.4) is 0 Å². The van der Waals surface area contributed by atoms with Crippen LogP contribution in [0.1, 0.15) is 25.3 Å². The Balaban J connectivity index is 2.72. The van der Waals surface area contributed by atoms with Crippen molar-refractivity contribution in [1.29, 1.82) is 0 Å². The molecule has 2 N–H and O–H groups in total. The molecule has 0 aliphatic rings. The average Bonchev–Trinajstić information content (AvgIpc) is 2.03. The van der Waals surface area contributed by atoms with Crippen molar-refractivity contribution in [3.63, 3.8) is 0 Å². The van der Waals surface area contributed by atoms with Gasteiger partial charge in [-0.1, -0.05) is 19.4 Å². The predicted octanol–water partition coefficient (Wildman–Crippen LogP) is 2.75. The van der Waals surface area contributed by atoms with Crippen LogP contribution in [0.15, 0.2) is 18.2 Å². The lowest BCUT2D eigenvalue weighted by Gasteiger charge is -2.03. The minimum absolute atomic E-state index is 0.257. The predicted molar refractivity (Wildman–Crippen MR) is 49.4 cm³/mol. The molecule has 66 valence electrons. The molecule has 1 aromatic carbocycles. The van der Waals surface area contributed by atoms with E-state index in [9.17, 15) is 4.39 Å². The van der Waals surface area contributed by atoms with Crippen LogP contribution in [0.4, 0.5) is 10.1 Å². The standard InChI is InChI=1S/C10H14FN/c1-2-3-4-8-5-6-9(11)7-10(8)12/h5-7H,2-4,12H2,1H3. The number of nitrogens with two attached hydrogens (primary N) is 1. The maximum absolute atomic E-state index is 12.6. The maximum atomic E-state index is 12.6. The highest BCUT2D eigenvalue weighted by Gasteiger charge is 1.99. The van der Waals surface area contributed by atoms with Crippen molar-refractivity contribution in [2.24, 2.45) is 0 Å². The van der Waals surface area contributed by atoms with Gasteiger partial charge in [0.15, 0.2) is 0 Å². The first-order valence-corrected chi connectivity index (χ1v) is 4.28. The van der Waals surface area contributed by atoms with Gasteiger partial charge in [-0.15, -0.1) is 0 Å². The van der Waals surface area contributed by atoms with E-state index in [-0.39, 0.29) is 5.82 Å². The molecule has 12 heavy (non-hydrogen) atoms. The number of hydrogen-bond acceptors (Lipinski definition) is 1. The first-order chi connectivity index (χ1) is 5.74. The molecule has 1 nitrogen and oxygen atoms in total. The van der Waals surface area contributed by atoms with Gasteiger partial charge in [0, 0.05) is 5.69 Å². The fraction of sp³-hybridized carbons (Fsp3) is 0.400. The number of nitrogen functional groups attached to an aromatic ring is 1. The molecule has 0 saturated heterocycles. The Morgan fingerprint density at radius 2 is 2.17 bits per heavy atom. The highest BCUT2D eigenvalue weighted by molar-refractivity contribution is 5.46. The van der Waals surface area contributed by atoms with E-state index in [1.54, 1.807) is 6.07 Å². The Labute approximate surface area is 72.4 Å². The SMILES string of the molecule is CCCCc1ccc(F)cc1N. The highest BCUT2D eigenvalue weighted by Crippen LogP contribution is 2.15. The third-order valence-electron chi connectivity index (χ3n) is 1.91. The van der Waals surface area contributed by atoms with E-state index in [0.29, 0.717) is 5.69 Å². The van der Waals surface area contributed by atoms with Crippen LogP contribution in [-0.4, -0.2) is 0 Å². The van der Waals surface area contributed by atoms with Gasteiger partial charge in [0.05, 0.1) is 0 Å². The lowest BCUT2D eigenvalue weighted by atomic mass is 10.1. The Kier molecular flexibility index (Phi) is 3.09. The number of aryl methyl sites for hydroxylation is 1. The fourth-order valence-electron chi connectivity index (χ4n) is 1.16. The zero-order valence-corrected chi connectivity index (χ0v) is 7.31. The van der Waals surface area contributed by atoms with Gasteiger partial charge in [0.1, 0.15) is 5.82 Å². The molecule has 0 heterocycles. The van der Waals surface area contributed by atoms with Crippen molar-refractivity contribution in [1.82, 2.24) is 0 Å². The molecule has 0 atom stereocenters. The second-order valence-electron chi connectivity index (χ2n) is 2.95. The number of unbranched alkanes of at least 4 members (excludes halogenated alkanes) is 1. The van der Waals surface area contributed by atoms with Gasteiger partial charge < -0.3 is 5.73 Å². The number of rotatable bonds is 3. The second-order valence-corrected chi connectivity index (χ2v) is 2.95. The lowest BCUT2D eigenvalue weighted by Crippen LogP contribution is -1.94. The zero-order valence-electron chi connectivity index (χ0n) is 7.31. The van der Waals surface area contributed by atoms with E-state index >= 15 is 0 Å². The Morgan fingerprint density at radius 1 is 1.42 bits per heavy atom. The van der Waals surface area contributed by atoms with E-state index in [4.69, 9.17) is 5.73 Å². The van der Waals surface area contributed by atoms with Crippen LogP contribution in [0.5, 0.6) is 0 Å². The van der Waals surface area contributed by atoms with Crippen LogP contribution >= 0.6 is 0 Å². The summed E-state index contributed by atoms with van der Waals surface area (Å²) in [7, 11) is 0. The Bertz CT molecular complexity index is 258. The Morgan fingerprint density at radius 3 is 2.75 bits per heavy atom. The molecule has 0 aliphatic heterocycles. The molecular weight excluding hydrogens is 153 g/mol. The molecule has 0 amide bonds. The molecule has 0 aliphatic carbocycles. The summed E-state index contributed by atoms with van der Waals surface area (Å²) in [4.78, 5) is 0. The van der Waals surface area contributed by atoms with E-state index in [1.165, 1.54) is 12.1 Å². The zero-order chi connectivity index (χ0) is 8.97. The van der Waals surface area contributed by atoms with Crippen molar-refractivity contribution < 1.29 is 4.39 Å².